The molecule has 2 aliphatic rings. The zero-order valence-corrected chi connectivity index (χ0v) is 15.8. The van der Waals surface area contributed by atoms with Crippen LogP contribution in [0, 0.1) is 23.7 Å². The van der Waals surface area contributed by atoms with E-state index in [1.165, 1.54) is 0 Å². The number of aliphatic carboxylic acids is 1. The van der Waals surface area contributed by atoms with Gasteiger partial charge >= 0.3 is 5.97 Å². The second-order valence-electron chi connectivity index (χ2n) is 7.56. The molecule has 10 atom stereocenters. The van der Waals surface area contributed by atoms with E-state index in [4.69, 9.17) is 19.7 Å². The van der Waals surface area contributed by atoms with Gasteiger partial charge in [0.25, 0.3) is 0 Å². The minimum Gasteiger partial charge on any atom is -0.479 e. The van der Waals surface area contributed by atoms with Crippen LogP contribution < -0.4 is 0 Å². The molecule has 0 aliphatic carbocycles. The van der Waals surface area contributed by atoms with Crippen molar-refractivity contribution in [1.82, 2.24) is 0 Å². The van der Waals surface area contributed by atoms with Crippen LogP contribution in [0.2, 0.25) is 0 Å². The summed E-state index contributed by atoms with van der Waals surface area (Å²) >= 11 is 0. The van der Waals surface area contributed by atoms with Gasteiger partial charge in [0.1, 0.15) is 6.10 Å². The Bertz CT molecular complexity index is 555. The van der Waals surface area contributed by atoms with E-state index in [2.05, 4.69) is 10.0 Å². The second-order valence-corrected chi connectivity index (χ2v) is 7.56. The lowest BCUT2D eigenvalue weighted by Gasteiger charge is -2.47. The first-order chi connectivity index (χ1) is 12.2. The SMILES string of the molecule is CC1[C@H](C)O[C@@H](C(=O)O)[C@@H](O[C@H]2O[C@@H](CO)[C@@H](C)[C@H](C)C2N=[N+]=[N-])[C@@H]1C. The summed E-state index contributed by atoms with van der Waals surface area (Å²) in [5.41, 5.74) is 8.92. The van der Waals surface area contributed by atoms with E-state index < -0.39 is 36.6 Å². The van der Waals surface area contributed by atoms with Gasteiger partial charge in [-0.3, -0.25) is 0 Å². The van der Waals surface area contributed by atoms with E-state index in [0.717, 1.165) is 0 Å². The Morgan fingerprint density at radius 2 is 1.77 bits per heavy atom. The molecule has 2 aliphatic heterocycles. The van der Waals surface area contributed by atoms with Crippen LogP contribution in [0.15, 0.2) is 5.11 Å². The smallest absolute Gasteiger partial charge is 0.335 e. The summed E-state index contributed by atoms with van der Waals surface area (Å²) in [4.78, 5) is 14.6. The maximum atomic E-state index is 11.7. The number of carbonyl (C=O) groups is 1. The minimum absolute atomic E-state index is 0.0374. The number of hydrogen-bond acceptors (Lipinski definition) is 6. The van der Waals surface area contributed by atoms with E-state index >= 15 is 0 Å². The first kappa shape index (κ1) is 20.9. The number of rotatable bonds is 5. The Labute approximate surface area is 153 Å². The predicted octanol–water partition coefficient (Wildman–Crippen LogP) is 2.18. The third-order valence-electron chi connectivity index (χ3n) is 6.19. The lowest BCUT2D eigenvalue weighted by Crippen LogP contribution is -2.57. The first-order valence-corrected chi connectivity index (χ1v) is 9.07. The summed E-state index contributed by atoms with van der Waals surface area (Å²) in [7, 11) is 0. The quantitative estimate of drug-likeness (QED) is 0.432. The first-order valence-electron chi connectivity index (χ1n) is 9.07. The van der Waals surface area contributed by atoms with Gasteiger partial charge in [-0.2, -0.15) is 0 Å². The summed E-state index contributed by atoms with van der Waals surface area (Å²) < 4.78 is 17.5. The largest absolute Gasteiger partial charge is 0.479 e. The summed E-state index contributed by atoms with van der Waals surface area (Å²) in [6, 6.07) is -0.617. The van der Waals surface area contributed by atoms with Crippen LogP contribution in [-0.2, 0) is 19.0 Å². The van der Waals surface area contributed by atoms with Crippen molar-refractivity contribution in [2.75, 3.05) is 6.61 Å². The maximum Gasteiger partial charge on any atom is 0.335 e. The van der Waals surface area contributed by atoms with Crippen molar-refractivity contribution in [3.8, 4) is 0 Å². The fourth-order valence-corrected chi connectivity index (χ4v) is 3.80. The van der Waals surface area contributed by atoms with Crippen molar-refractivity contribution < 1.29 is 29.2 Å². The number of aliphatic hydroxyl groups excluding tert-OH is 1. The molecule has 2 unspecified atom stereocenters. The van der Waals surface area contributed by atoms with Crippen LogP contribution >= 0.6 is 0 Å². The fourth-order valence-electron chi connectivity index (χ4n) is 3.80. The molecule has 2 saturated heterocycles. The van der Waals surface area contributed by atoms with Gasteiger partial charge in [-0.15, -0.1) is 0 Å². The standard InChI is InChI=1S/C17H29N3O6/c1-7-10(4)14(15(16(22)23)24-11(7)5)26-17-13(19-20-18)9(3)8(2)12(6-21)25-17/h7-15,17,21H,6H2,1-5H3,(H,22,23)/t7?,8-,9-,10+,11-,12-,13?,14-,15+,17+/m0/s1. The number of carboxylic acid groups (broad SMARTS) is 1. The molecule has 9 nitrogen and oxygen atoms in total. The molecule has 0 spiro atoms. The maximum absolute atomic E-state index is 11.7. The van der Waals surface area contributed by atoms with Gasteiger partial charge in [0.15, 0.2) is 12.4 Å². The van der Waals surface area contributed by atoms with Crippen molar-refractivity contribution in [3.05, 3.63) is 10.4 Å². The molecule has 0 aromatic heterocycles. The molecule has 2 heterocycles. The average Bonchev–Trinajstić information content (AvgIpc) is 2.60. The van der Waals surface area contributed by atoms with Crippen LogP contribution in [-0.4, -0.2) is 59.5 Å². The fraction of sp³-hybridized carbons (Fsp3) is 0.941. The molecule has 0 radical (unpaired) electrons. The second kappa shape index (κ2) is 8.54. The molecule has 0 aromatic rings. The number of aliphatic hydroxyl groups is 1. The van der Waals surface area contributed by atoms with E-state index in [9.17, 15) is 15.0 Å². The van der Waals surface area contributed by atoms with Crippen molar-refractivity contribution in [2.45, 2.75) is 71.4 Å². The Balaban J connectivity index is 2.28. The van der Waals surface area contributed by atoms with Gasteiger partial charge in [0.2, 0.25) is 0 Å². The Kier molecular flexibility index (Phi) is 6.87. The molecule has 0 saturated carbocycles. The Morgan fingerprint density at radius 3 is 2.31 bits per heavy atom. The monoisotopic (exact) mass is 371 g/mol. The molecule has 2 N–H and O–H groups in total. The van der Waals surface area contributed by atoms with Gasteiger partial charge in [-0.05, 0) is 36.1 Å². The number of ether oxygens (including phenoxy) is 3. The number of carboxylic acids is 1. The number of hydrogen-bond donors (Lipinski definition) is 2. The van der Waals surface area contributed by atoms with E-state index in [1.54, 1.807) is 0 Å². The van der Waals surface area contributed by atoms with Crippen molar-refractivity contribution in [3.63, 3.8) is 0 Å². The van der Waals surface area contributed by atoms with Crippen LogP contribution in [0.25, 0.3) is 10.4 Å². The topological polar surface area (TPSA) is 134 Å². The molecule has 26 heavy (non-hydrogen) atoms. The Morgan fingerprint density at radius 1 is 1.12 bits per heavy atom. The number of nitrogens with zero attached hydrogens (tertiary/aromatic N) is 3. The molecule has 2 rings (SSSR count). The zero-order chi connectivity index (χ0) is 19.6. The van der Waals surface area contributed by atoms with Crippen LogP contribution in [0.5, 0.6) is 0 Å². The third-order valence-corrected chi connectivity index (χ3v) is 6.19. The highest BCUT2D eigenvalue weighted by Crippen LogP contribution is 2.38. The molecule has 0 bridgehead atoms. The summed E-state index contributed by atoms with van der Waals surface area (Å²) in [5, 5.41) is 23.0. The Hall–Kier alpha value is -1.38. The lowest BCUT2D eigenvalue weighted by atomic mass is 9.80. The summed E-state index contributed by atoms with van der Waals surface area (Å²) in [5.74, 6) is -1.25. The van der Waals surface area contributed by atoms with E-state index in [-0.39, 0.29) is 36.4 Å². The number of azide groups is 1. The molecule has 9 heteroatoms. The molecule has 0 amide bonds. The zero-order valence-electron chi connectivity index (χ0n) is 15.8. The van der Waals surface area contributed by atoms with Crippen molar-refractivity contribution >= 4 is 5.97 Å². The molecular weight excluding hydrogens is 342 g/mol. The predicted molar refractivity (Wildman–Crippen MR) is 92.2 cm³/mol. The highest BCUT2D eigenvalue weighted by molar-refractivity contribution is 5.73. The molecule has 148 valence electrons. The van der Waals surface area contributed by atoms with Gasteiger partial charge in [-0.1, -0.05) is 32.8 Å². The molecule has 0 aromatic carbocycles. The van der Waals surface area contributed by atoms with Crippen LogP contribution in [0.4, 0.5) is 0 Å². The van der Waals surface area contributed by atoms with Gasteiger partial charge < -0.3 is 24.4 Å². The van der Waals surface area contributed by atoms with Crippen molar-refractivity contribution in [2.24, 2.45) is 28.8 Å². The molecule has 2 fully saturated rings. The highest BCUT2D eigenvalue weighted by atomic mass is 16.7. The van der Waals surface area contributed by atoms with Crippen LogP contribution in [0.3, 0.4) is 0 Å². The van der Waals surface area contributed by atoms with Crippen molar-refractivity contribution in [1.29, 1.82) is 0 Å². The van der Waals surface area contributed by atoms with Crippen LogP contribution in [0.1, 0.15) is 34.6 Å². The van der Waals surface area contributed by atoms with E-state index in [1.807, 2.05) is 34.6 Å². The van der Waals surface area contributed by atoms with Gasteiger partial charge in [0.05, 0.1) is 24.9 Å². The lowest BCUT2D eigenvalue weighted by molar-refractivity contribution is -0.288. The summed E-state index contributed by atoms with van der Waals surface area (Å²) in [6.07, 6.45) is -3.50. The minimum atomic E-state index is -1.13. The van der Waals surface area contributed by atoms with E-state index in [0.29, 0.717) is 0 Å². The van der Waals surface area contributed by atoms with Gasteiger partial charge in [-0.25, -0.2) is 4.79 Å². The normalized spacial score (nSPS) is 46.4. The summed E-state index contributed by atoms with van der Waals surface area (Å²) in [6.45, 7) is 9.38. The third kappa shape index (κ3) is 3.97. The average molecular weight is 371 g/mol. The molecular formula is C17H29N3O6. The van der Waals surface area contributed by atoms with Gasteiger partial charge in [0, 0.05) is 4.91 Å². The highest BCUT2D eigenvalue weighted by Gasteiger charge is 2.48.